The maximum Gasteiger partial charge on any atom is 0.0481 e. The van der Waals surface area contributed by atoms with Crippen LogP contribution >= 0.6 is 27.5 Å². The lowest BCUT2D eigenvalue weighted by Gasteiger charge is -2.02. The van der Waals surface area contributed by atoms with Crippen molar-refractivity contribution < 1.29 is 0 Å². The van der Waals surface area contributed by atoms with Crippen molar-refractivity contribution in [2.75, 3.05) is 0 Å². The zero-order valence-electron chi connectivity index (χ0n) is 9.45. The van der Waals surface area contributed by atoms with Crippen LogP contribution < -0.4 is 0 Å². The number of hydrogen-bond donors (Lipinski definition) is 0. The Bertz CT molecular complexity index is 538. The van der Waals surface area contributed by atoms with E-state index in [9.17, 15) is 0 Å². The molecule has 0 saturated heterocycles. The molecule has 86 valence electrons. The Hall–Kier alpha value is -1.05. The molecular formula is C15H12BrCl. The van der Waals surface area contributed by atoms with Gasteiger partial charge in [0.25, 0.3) is 0 Å². The van der Waals surface area contributed by atoms with Gasteiger partial charge in [-0.3, -0.25) is 0 Å². The molecule has 2 aromatic rings. The van der Waals surface area contributed by atoms with Gasteiger partial charge in [-0.25, -0.2) is 0 Å². The summed E-state index contributed by atoms with van der Waals surface area (Å²) in [5.74, 6) is 0. The van der Waals surface area contributed by atoms with Gasteiger partial charge in [-0.05, 0) is 41.8 Å². The van der Waals surface area contributed by atoms with Crippen LogP contribution in [0.15, 0.2) is 46.9 Å². The summed E-state index contributed by atoms with van der Waals surface area (Å²) in [6.07, 6.45) is 4.12. The Balaban J connectivity index is 2.32. The molecule has 0 aliphatic rings. The van der Waals surface area contributed by atoms with E-state index in [0.29, 0.717) is 0 Å². The van der Waals surface area contributed by atoms with Gasteiger partial charge >= 0.3 is 0 Å². The summed E-state index contributed by atoms with van der Waals surface area (Å²) in [6, 6.07) is 14.1. The third-order valence-corrected chi connectivity index (χ3v) is 3.38. The second-order valence-electron chi connectivity index (χ2n) is 3.86. The van der Waals surface area contributed by atoms with Crippen molar-refractivity contribution in [2.24, 2.45) is 0 Å². The molecule has 0 N–H and O–H groups in total. The Kier molecular flexibility index (Phi) is 4.03. The average molecular weight is 308 g/mol. The van der Waals surface area contributed by atoms with Gasteiger partial charge in [0.05, 0.1) is 0 Å². The molecule has 0 fully saturated rings. The highest BCUT2D eigenvalue weighted by Gasteiger charge is 1.99. The third kappa shape index (κ3) is 3.21. The topological polar surface area (TPSA) is 0 Å². The molecule has 2 rings (SSSR count). The van der Waals surface area contributed by atoms with Crippen molar-refractivity contribution in [3.05, 3.63) is 68.7 Å². The number of benzene rings is 2. The minimum absolute atomic E-state index is 0.788. The maximum atomic E-state index is 6.17. The summed E-state index contributed by atoms with van der Waals surface area (Å²) in [7, 11) is 0. The lowest BCUT2D eigenvalue weighted by molar-refractivity contribution is 1.44. The summed E-state index contributed by atoms with van der Waals surface area (Å²) < 4.78 is 1.08. The van der Waals surface area contributed by atoms with Crippen LogP contribution in [0.4, 0.5) is 0 Å². The van der Waals surface area contributed by atoms with E-state index in [1.807, 2.05) is 24.3 Å². The van der Waals surface area contributed by atoms with Gasteiger partial charge in [0.15, 0.2) is 0 Å². The molecule has 0 nitrogen and oxygen atoms in total. The van der Waals surface area contributed by atoms with Crippen LogP contribution in [-0.4, -0.2) is 0 Å². The molecule has 0 atom stereocenters. The second kappa shape index (κ2) is 5.52. The molecule has 0 aliphatic carbocycles. The minimum Gasteiger partial charge on any atom is -0.0837 e. The van der Waals surface area contributed by atoms with Crippen LogP contribution in [-0.2, 0) is 0 Å². The molecule has 0 heterocycles. The summed E-state index contributed by atoms with van der Waals surface area (Å²) in [6.45, 7) is 2.06. The van der Waals surface area contributed by atoms with Crippen LogP contribution in [0.25, 0.3) is 12.2 Å². The first-order valence-corrected chi connectivity index (χ1v) is 6.52. The Morgan fingerprint density at radius 1 is 1.06 bits per heavy atom. The molecule has 0 bridgehead atoms. The number of rotatable bonds is 2. The average Bonchev–Trinajstić information content (AvgIpc) is 2.28. The lowest BCUT2D eigenvalue weighted by atomic mass is 10.1. The molecule has 2 heteroatoms. The van der Waals surface area contributed by atoms with Crippen molar-refractivity contribution in [3.63, 3.8) is 0 Å². The molecule has 0 radical (unpaired) electrons. The van der Waals surface area contributed by atoms with E-state index in [-0.39, 0.29) is 0 Å². The van der Waals surface area contributed by atoms with Gasteiger partial charge < -0.3 is 0 Å². The highest BCUT2D eigenvalue weighted by molar-refractivity contribution is 9.10. The van der Waals surface area contributed by atoms with E-state index in [1.54, 1.807) is 0 Å². The molecular weight excluding hydrogens is 296 g/mol. The SMILES string of the molecule is Cc1cccc(Cl)c1C=Cc1cccc(Br)c1. The lowest BCUT2D eigenvalue weighted by Crippen LogP contribution is -1.81. The molecule has 2 aromatic carbocycles. The van der Waals surface area contributed by atoms with Gasteiger partial charge in [-0.15, -0.1) is 0 Å². The van der Waals surface area contributed by atoms with Crippen molar-refractivity contribution in [1.29, 1.82) is 0 Å². The largest absolute Gasteiger partial charge is 0.0837 e. The summed E-state index contributed by atoms with van der Waals surface area (Å²) in [4.78, 5) is 0. The first-order valence-electron chi connectivity index (χ1n) is 5.35. The first-order chi connectivity index (χ1) is 8.16. The normalized spacial score (nSPS) is 11.0. The number of halogens is 2. The van der Waals surface area contributed by atoms with E-state index in [2.05, 4.69) is 53.2 Å². The molecule has 17 heavy (non-hydrogen) atoms. The van der Waals surface area contributed by atoms with E-state index in [1.165, 1.54) is 5.56 Å². The van der Waals surface area contributed by atoms with Gasteiger partial charge in [-0.1, -0.05) is 63.9 Å². The van der Waals surface area contributed by atoms with Crippen molar-refractivity contribution in [2.45, 2.75) is 6.92 Å². The fraction of sp³-hybridized carbons (Fsp3) is 0.0667. The van der Waals surface area contributed by atoms with Crippen LogP contribution in [0, 0.1) is 6.92 Å². The molecule has 0 aromatic heterocycles. The summed E-state index contributed by atoms with van der Waals surface area (Å²) in [5, 5.41) is 0.788. The quantitative estimate of drug-likeness (QED) is 0.635. The van der Waals surface area contributed by atoms with E-state index >= 15 is 0 Å². The van der Waals surface area contributed by atoms with Gasteiger partial charge in [0.1, 0.15) is 0 Å². The van der Waals surface area contributed by atoms with E-state index in [4.69, 9.17) is 11.6 Å². The summed E-state index contributed by atoms with van der Waals surface area (Å²) >= 11 is 9.62. The predicted molar refractivity (Wildman–Crippen MR) is 79.3 cm³/mol. The predicted octanol–water partition coefficient (Wildman–Crippen LogP) is 5.58. The van der Waals surface area contributed by atoms with Gasteiger partial charge in [0, 0.05) is 9.50 Å². The molecule has 0 spiro atoms. The zero-order chi connectivity index (χ0) is 12.3. The molecule has 0 amide bonds. The zero-order valence-corrected chi connectivity index (χ0v) is 11.8. The van der Waals surface area contributed by atoms with Gasteiger partial charge in [0.2, 0.25) is 0 Å². The Morgan fingerprint density at radius 3 is 2.53 bits per heavy atom. The van der Waals surface area contributed by atoms with Crippen LogP contribution in [0.3, 0.4) is 0 Å². The first kappa shape index (κ1) is 12.4. The minimum atomic E-state index is 0.788. The fourth-order valence-electron chi connectivity index (χ4n) is 1.65. The van der Waals surface area contributed by atoms with Crippen LogP contribution in [0.1, 0.15) is 16.7 Å². The van der Waals surface area contributed by atoms with Crippen molar-refractivity contribution in [3.8, 4) is 0 Å². The van der Waals surface area contributed by atoms with E-state index in [0.717, 1.165) is 20.6 Å². The standard InChI is InChI=1S/C15H12BrCl/c1-11-4-2-7-15(17)14(11)9-8-12-5-3-6-13(16)10-12/h2-10H,1H3. The van der Waals surface area contributed by atoms with Crippen LogP contribution in [0.2, 0.25) is 5.02 Å². The van der Waals surface area contributed by atoms with Crippen molar-refractivity contribution in [1.82, 2.24) is 0 Å². The van der Waals surface area contributed by atoms with Crippen LogP contribution in [0.5, 0.6) is 0 Å². The number of aryl methyl sites for hydroxylation is 1. The Labute approximate surface area is 115 Å². The van der Waals surface area contributed by atoms with Crippen molar-refractivity contribution >= 4 is 39.7 Å². The second-order valence-corrected chi connectivity index (χ2v) is 5.18. The number of hydrogen-bond acceptors (Lipinski definition) is 0. The molecule has 0 aliphatic heterocycles. The summed E-state index contributed by atoms with van der Waals surface area (Å²) in [5.41, 5.74) is 3.41. The smallest absolute Gasteiger partial charge is 0.0481 e. The molecule has 0 unspecified atom stereocenters. The maximum absolute atomic E-state index is 6.17. The third-order valence-electron chi connectivity index (χ3n) is 2.56. The molecule has 0 saturated carbocycles. The highest BCUT2D eigenvalue weighted by atomic mass is 79.9. The van der Waals surface area contributed by atoms with E-state index < -0.39 is 0 Å². The highest BCUT2D eigenvalue weighted by Crippen LogP contribution is 2.22. The Morgan fingerprint density at radius 2 is 1.82 bits per heavy atom. The van der Waals surface area contributed by atoms with Gasteiger partial charge in [-0.2, -0.15) is 0 Å². The fourth-order valence-corrected chi connectivity index (χ4v) is 2.35. The monoisotopic (exact) mass is 306 g/mol.